The fourth-order valence-corrected chi connectivity index (χ4v) is 2.09. The van der Waals surface area contributed by atoms with Crippen molar-refractivity contribution in [2.75, 3.05) is 11.0 Å². The average Bonchev–Trinajstić information content (AvgIpc) is 3.02. The van der Waals surface area contributed by atoms with E-state index in [2.05, 4.69) is 4.72 Å². The number of hydrogen-bond acceptors (Lipinski definition) is 4. The third-order valence-corrected chi connectivity index (χ3v) is 3.01. The van der Waals surface area contributed by atoms with Gasteiger partial charge in [0.1, 0.15) is 5.75 Å². The third kappa shape index (κ3) is 3.61. The largest absolute Gasteiger partial charge is 0.490 e. The molecule has 3 N–H and O–H groups in total. The summed E-state index contributed by atoms with van der Waals surface area (Å²) in [6, 6.07) is 5.22. The minimum Gasteiger partial charge on any atom is -0.490 e. The second-order valence-corrected chi connectivity index (χ2v) is 5.96. The van der Waals surface area contributed by atoms with Crippen molar-refractivity contribution < 1.29 is 13.2 Å². The Morgan fingerprint density at radius 2 is 2.18 bits per heavy atom. The van der Waals surface area contributed by atoms with Crippen molar-refractivity contribution in [3.8, 4) is 5.75 Å². The van der Waals surface area contributed by atoms with Crippen LogP contribution >= 0.6 is 0 Å². The quantitative estimate of drug-likeness (QED) is 0.825. The lowest BCUT2D eigenvalue weighted by Gasteiger charge is -2.12. The van der Waals surface area contributed by atoms with Crippen LogP contribution in [0.15, 0.2) is 18.2 Å². The van der Waals surface area contributed by atoms with Gasteiger partial charge in [0.15, 0.2) is 0 Å². The molecule has 1 fully saturated rings. The molecule has 0 bridgehead atoms. The summed E-state index contributed by atoms with van der Waals surface area (Å²) in [5, 5.41) is 0. The van der Waals surface area contributed by atoms with E-state index in [1.807, 2.05) is 0 Å². The molecule has 5 nitrogen and oxygen atoms in total. The van der Waals surface area contributed by atoms with E-state index in [4.69, 9.17) is 10.5 Å². The first kappa shape index (κ1) is 12.2. The first-order chi connectivity index (χ1) is 7.98. The molecule has 1 aliphatic carbocycles. The zero-order chi connectivity index (χ0) is 12.5. The lowest BCUT2D eigenvalue weighted by molar-refractivity contribution is 0.303. The average molecular weight is 256 g/mol. The number of anilines is 1. The van der Waals surface area contributed by atoms with Crippen LogP contribution in [-0.2, 0) is 16.6 Å². The summed E-state index contributed by atoms with van der Waals surface area (Å²) in [5.41, 5.74) is 6.84. The predicted molar refractivity (Wildman–Crippen MR) is 66.4 cm³/mol. The Labute approximate surface area is 101 Å². The second kappa shape index (κ2) is 4.54. The molecule has 0 radical (unpaired) electrons. The van der Waals surface area contributed by atoms with Crippen molar-refractivity contribution >= 4 is 15.7 Å². The SMILES string of the molecule is CS(=O)(=O)Nc1ccc(OC2CC2)cc1CN. The van der Waals surface area contributed by atoms with E-state index in [0.717, 1.165) is 30.4 Å². The number of rotatable bonds is 5. The Morgan fingerprint density at radius 3 is 2.71 bits per heavy atom. The normalized spacial score (nSPS) is 15.6. The number of sulfonamides is 1. The summed E-state index contributed by atoms with van der Waals surface area (Å²) in [5.74, 6) is 0.743. The van der Waals surface area contributed by atoms with Gasteiger partial charge in [-0.15, -0.1) is 0 Å². The Morgan fingerprint density at radius 1 is 1.47 bits per heavy atom. The summed E-state index contributed by atoms with van der Waals surface area (Å²) in [6.07, 6.45) is 3.60. The molecular weight excluding hydrogens is 240 g/mol. The van der Waals surface area contributed by atoms with Crippen LogP contribution in [0.25, 0.3) is 0 Å². The van der Waals surface area contributed by atoms with Crippen molar-refractivity contribution in [2.45, 2.75) is 25.5 Å². The minimum atomic E-state index is -3.28. The molecule has 2 rings (SSSR count). The molecule has 0 unspecified atom stereocenters. The number of nitrogens with one attached hydrogen (secondary N) is 1. The van der Waals surface area contributed by atoms with Gasteiger partial charge in [0, 0.05) is 6.54 Å². The first-order valence-corrected chi connectivity index (χ1v) is 7.34. The van der Waals surface area contributed by atoms with Gasteiger partial charge in [-0.3, -0.25) is 4.72 Å². The zero-order valence-electron chi connectivity index (χ0n) is 9.64. The Hall–Kier alpha value is -1.27. The van der Waals surface area contributed by atoms with Gasteiger partial charge in [-0.2, -0.15) is 0 Å². The van der Waals surface area contributed by atoms with Crippen molar-refractivity contribution in [1.29, 1.82) is 0 Å². The van der Waals surface area contributed by atoms with Gasteiger partial charge in [-0.1, -0.05) is 0 Å². The maximum Gasteiger partial charge on any atom is 0.229 e. The maximum absolute atomic E-state index is 11.2. The predicted octanol–water partition coefficient (Wildman–Crippen LogP) is 1.06. The fourth-order valence-electron chi connectivity index (χ4n) is 1.49. The lowest BCUT2D eigenvalue weighted by Crippen LogP contribution is -2.12. The van der Waals surface area contributed by atoms with Crippen molar-refractivity contribution in [3.63, 3.8) is 0 Å². The maximum atomic E-state index is 11.2. The highest BCUT2D eigenvalue weighted by molar-refractivity contribution is 7.92. The van der Waals surface area contributed by atoms with Gasteiger partial charge >= 0.3 is 0 Å². The molecule has 1 aromatic rings. The monoisotopic (exact) mass is 256 g/mol. The summed E-state index contributed by atoms with van der Waals surface area (Å²) >= 11 is 0. The molecule has 1 saturated carbocycles. The molecule has 0 spiro atoms. The number of benzene rings is 1. The van der Waals surface area contributed by atoms with E-state index >= 15 is 0 Å². The molecule has 6 heteroatoms. The minimum absolute atomic E-state index is 0.264. The van der Waals surface area contributed by atoms with Crippen LogP contribution in [-0.4, -0.2) is 20.8 Å². The van der Waals surface area contributed by atoms with E-state index in [9.17, 15) is 8.42 Å². The molecule has 0 aliphatic heterocycles. The zero-order valence-corrected chi connectivity index (χ0v) is 10.5. The third-order valence-electron chi connectivity index (χ3n) is 2.42. The molecule has 94 valence electrons. The van der Waals surface area contributed by atoms with Crippen LogP contribution in [0.1, 0.15) is 18.4 Å². The van der Waals surface area contributed by atoms with Gasteiger partial charge in [-0.05, 0) is 36.6 Å². The number of hydrogen-bond donors (Lipinski definition) is 2. The van der Waals surface area contributed by atoms with Crippen LogP contribution in [0.2, 0.25) is 0 Å². The van der Waals surface area contributed by atoms with E-state index in [0.29, 0.717) is 11.8 Å². The van der Waals surface area contributed by atoms with Crippen LogP contribution in [0.3, 0.4) is 0 Å². The fraction of sp³-hybridized carbons (Fsp3) is 0.455. The number of nitrogens with two attached hydrogens (primary N) is 1. The molecule has 1 aromatic carbocycles. The summed E-state index contributed by atoms with van der Waals surface area (Å²) < 4.78 is 30.4. The molecular formula is C11H16N2O3S. The van der Waals surface area contributed by atoms with Gasteiger partial charge in [0.2, 0.25) is 10.0 Å². The standard InChI is InChI=1S/C11H16N2O3S/c1-17(14,15)13-11-5-4-10(6-8(11)7-12)16-9-2-3-9/h4-6,9,13H,2-3,7,12H2,1H3. The van der Waals surface area contributed by atoms with E-state index in [1.54, 1.807) is 18.2 Å². The molecule has 1 aliphatic rings. The highest BCUT2D eigenvalue weighted by Gasteiger charge is 2.23. The van der Waals surface area contributed by atoms with Crippen LogP contribution in [0.5, 0.6) is 5.75 Å². The van der Waals surface area contributed by atoms with Crippen molar-refractivity contribution in [3.05, 3.63) is 23.8 Å². The Balaban J connectivity index is 2.21. The second-order valence-electron chi connectivity index (χ2n) is 4.21. The van der Waals surface area contributed by atoms with Gasteiger partial charge < -0.3 is 10.5 Å². The topological polar surface area (TPSA) is 81.4 Å². The summed E-state index contributed by atoms with van der Waals surface area (Å²) in [4.78, 5) is 0. The molecule has 0 saturated heterocycles. The summed E-state index contributed by atoms with van der Waals surface area (Å²) in [7, 11) is -3.28. The highest BCUT2D eigenvalue weighted by Crippen LogP contribution is 2.29. The van der Waals surface area contributed by atoms with Crippen LogP contribution < -0.4 is 15.2 Å². The van der Waals surface area contributed by atoms with Crippen molar-refractivity contribution in [2.24, 2.45) is 5.73 Å². The van der Waals surface area contributed by atoms with Gasteiger partial charge in [0.05, 0.1) is 18.0 Å². The van der Waals surface area contributed by atoms with Crippen molar-refractivity contribution in [1.82, 2.24) is 0 Å². The molecule has 0 atom stereocenters. The smallest absolute Gasteiger partial charge is 0.229 e. The van der Waals surface area contributed by atoms with Crippen LogP contribution in [0, 0.1) is 0 Å². The Bertz CT molecular complexity index is 509. The van der Waals surface area contributed by atoms with E-state index < -0.39 is 10.0 Å². The van der Waals surface area contributed by atoms with Gasteiger partial charge in [-0.25, -0.2) is 8.42 Å². The van der Waals surface area contributed by atoms with Crippen LogP contribution in [0.4, 0.5) is 5.69 Å². The number of ether oxygens (including phenoxy) is 1. The molecule has 0 aromatic heterocycles. The van der Waals surface area contributed by atoms with Gasteiger partial charge in [0.25, 0.3) is 0 Å². The van der Waals surface area contributed by atoms with E-state index in [1.165, 1.54) is 0 Å². The molecule has 0 amide bonds. The van der Waals surface area contributed by atoms with E-state index in [-0.39, 0.29) is 6.54 Å². The lowest BCUT2D eigenvalue weighted by atomic mass is 10.2. The molecule has 0 heterocycles. The summed E-state index contributed by atoms with van der Waals surface area (Å²) in [6.45, 7) is 0.264. The first-order valence-electron chi connectivity index (χ1n) is 5.45. The molecule has 17 heavy (non-hydrogen) atoms. The Kier molecular flexibility index (Phi) is 3.26. The highest BCUT2D eigenvalue weighted by atomic mass is 32.2.